The second-order valence-electron chi connectivity index (χ2n) is 11.5. The number of halogens is 1. The van der Waals surface area contributed by atoms with E-state index in [1.54, 1.807) is 0 Å². The van der Waals surface area contributed by atoms with Crippen molar-refractivity contribution in [3.05, 3.63) is 168 Å². The summed E-state index contributed by atoms with van der Waals surface area (Å²) in [5, 5.41) is 5.04. The summed E-state index contributed by atoms with van der Waals surface area (Å²) < 4.78 is 5.90. The zero-order valence-electron chi connectivity index (χ0n) is 24.4. The van der Waals surface area contributed by atoms with Crippen LogP contribution in [0.15, 0.2) is 168 Å². The summed E-state index contributed by atoms with van der Waals surface area (Å²) in [6.07, 6.45) is 0. The van der Waals surface area contributed by atoms with E-state index in [0.717, 1.165) is 15.7 Å². The first-order valence-electron chi connectivity index (χ1n) is 15.2. The molecule has 0 aliphatic heterocycles. The standard InChI is InChI=1S/C42H27BrN2/c43-30-13-11-12-28(26-30)36-27-29(24-25-42(36)45-40-22-9-4-17-34(40)35-18-5-10-23-41(35)45)31-14-1-6-19-37(31)44-38-20-7-2-15-32(38)33-16-3-8-21-39(33)44/h1-27H. The maximum absolute atomic E-state index is 3.75. The van der Waals surface area contributed by atoms with Crippen LogP contribution in [-0.4, -0.2) is 9.13 Å². The summed E-state index contributed by atoms with van der Waals surface area (Å²) in [5.74, 6) is 0. The molecule has 0 bridgehead atoms. The molecular formula is C42H27BrN2. The average molecular weight is 640 g/mol. The number of para-hydroxylation sites is 5. The smallest absolute Gasteiger partial charge is 0.0541 e. The van der Waals surface area contributed by atoms with E-state index >= 15 is 0 Å². The summed E-state index contributed by atoms with van der Waals surface area (Å²) >= 11 is 3.75. The third kappa shape index (κ3) is 4.08. The highest BCUT2D eigenvalue weighted by Crippen LogP contribution is 2.41. The van der Waals surface area contributed by atoms with Gasteiger partial charge in [0.1, 0.15) is 0 Å². The van der Waals surface area contributed by atoms with E-state index in [0.29, 0.717) is 0 Å². The van der Waals surface area contributed by atoms with Gasteiger partial charge in [-0.2, -0.15) is 0 Å². The van der Waals surface area contributed by atoms with Crippen LogP contribution >= 0.6 is 15.9 Å². The van der Waals surface area contributed by atoms with E-state index in [9.17, 15) is 0 Å². The van der Waals surface area contributed by atoms with E-state index in [4.69, 9.17) is 0 Å². The lowest BCUT2D eigenvalue weighted by Gasteiger charge is -2.18. The van der Waals surface area contributed by atoms with Crippen molar-refractivity contribution < 1.29 is 0 Å². The van der Waals surface area contributed by atoms with E-state index < -0.39 is 0 Å². The Morgan fingerprint density at radius 3 is 1.31 bits per heavy atom. The van der Waals surface area contributed by atoms with Gasteiger partial charge in [-0.15, -0.1) is 0 Å². The molecule has 9 aromatic rings. The van der Waals surface area contributed by atoms with Gasteiger partial charge in [0, 0.05) is 37.1 Å². The number of aromatic nitrogens is 2. The van der Waals surface area contributed by atoms with Crippen molar-refractivity contribution in [3.63, 3.8) is 0 Å². The first kappa shape index (κ1) is 26.1. The fourth-order valence-electron chi connectivity index (χ4n) is 7.06. The maximum atomic E-state index is 3.75. The molecule has 0 atom stereocenters. The number of rotatable bonds is 4. The average Bonchev–Trinajstić information content (AvgIpc) is 3.61. The summed E-state index contributed by atoms with van der Waals surface area (Å²) in [6, 6.07) is 59.2. The molecule has 0 N–H and O–H groups in total. The Morgan fingerprint density at radius 1 is 0.333 bits per heavy atom. The van der Waals surface area contributed by atoms with Gasteiger partial charge in [-0.05, 0) is 65.7 Å². The molecular weight excluding hydrogens is 612 g/mol. The van der Waals surface area contributed by atoms with Gasteiger partial charge in [0.25, 0.3) is 0 Å². The minimum atomic E-state index is 1.06. The summed E-state index contributed by atoms with van der Waals surface area (Å²) in [6.45, 7) is 0. The van der Waals surface area contributed by atoms with Crippen LogP contribution in [0.1, 0.15) is 0 Å². The minimum Gasteiger partial charge on any atom is -0.309 e. The molecule has 0 aliphatic carbocycles. The largest absolute Gasteiger partial charge is 0.309 e. The van der Waals surface area contributed by atoms with Crippen LogP contribution in [-0.2, 0) is 0 Å². The Labute approximate surface area is 269 Å². The molecule has 0 radical (unpaired) electrons. The van der Waals surface area contributed by atoms with Crippen molar-refractivity contribution in [3.8, 4) is 33.6 Å². The van der Waals surface area contributed by atoms with Gasteiger partial charge in [0.05, 0.1) is 33.4 Å². The normalized spacial score (nSPS) is 11.7. The lowest BCUT2D eigenvalue weighted by atomic mass is 9.96. The van der Waals surface area contributed by atoms with Crippen molar-refractivity contribution in [2.45, 2.75) is 0 Å². The maximum Gasteiger partial charge on any atom is 0.0541 e. The molecule has 7 aromatic carbocycles. The number of hydrogen-bond donors (Lipinski definition) is 0. The topological polar surface area (TPSA) is 9.86 Å². The van der Waals surface area contributed by atoms with Crippen LogP contribution in [0.2, 0.25) is 0 Å². The van der Waals surface area contributed by atoms with Gasteiger partial charge in [-0.1, -0.05) is 125 Å². The number of fused-ring (bicyclic) bond motifs is 6. The monoisotopic (exact) mass is 638 g/mol. The second kappa shape index (κ2) is 10.4. The zero-order valence-corrected chi connectivity index (χ0v) is 25.9. The molecule has 0 saturated carbocycles. The third-order valence-corrected chi connectivity index (χ3v) is 9.48. The summed E-state index contributed by atoms with van der Waals surface area (Å²) in [4.78, 5) is 0. The molecule has 0 unspecified atom stereocenters. The molecule has 212 valence electrons. The van der Waals surface area contributed by atoms with Crippen molar-refractivity contribution in [2.24, 2.45) is 0 Å². The number of benzene rings is 7. The molecule has 9 rings (SSSR count). The second-order valence-corrected chi connectivity index (χ2v) is 12.4. The Bertz CT molecular complexity index is 2460. The molecule has 0 fully saturated rings. The molecule has 0 spiro atoms. The van der Waals surface area contributed by atoms with Crippen molar-refractivity contribution in [1.29, 1.82) is 0 Å². The molecule has 0 saturated heterocycles. The van der Waals surface area contributed by atoms with Crippen LogP contribution in [0.3, 0.4) is 0 Å². The van der Waals surface area contributed by atoms with Gasteiger partial charge < -0.3 is 9.13 Å². The summed E-state index contributed by atoms with van der Waals surface area (Å²) in [5.41, 5.74) is 11.8. The molecule has 2 heterocycles. The third-order valence-electron chi connectivity index (χ3n) is 8.99. The first-order valence-corrected chi connectivity index (χ1v) is 16.0. The highest BCUT2D eigenvalue weighted by Gasteiger charge is 2.19. The Balaban J connectivity index is 1.34. The predicted octanol–water partition coefficient (Wildman–Crippen LogP) is 12.0. The van der Waals surface area contributed by atoms with E-state index in [-0.39, 0.29) is 0 Å². The van der Waals surface area contributed by atoms with Gasteiger partial charge in [-0.3, -0.25) is 0 Å². The van der Waals surface area contributed by atoms with Crippen LogP contribution in [0.25, 0.3) is 77.2 Å². The summed E-state index contributed by atoms with van der Waals surface area (Å²) in [7, 11) is 0. The molecule has 2 aromatic heterocycles. The van der Waals surface area contributed by atoms with Crippen molar-refractivity contribution in [1.82, 2.24) is 9.13 Å². The Hall–Kier alpha value is -5.38. The highest BCUT2D eigenvalue weighted by molar-refractivity contribution is 9.10. The van der Waals surface area contributed by atoms with Gasteiger partial charge in [-0.25, -0.2) is 0 Å². The molecule has 0 amide bonds. The Kier molecular flexibility index (Phi) is 6.00. The lowest BCUT2D eigenvalue weighted by Crippen LogP contribution is -2.00. The first-order chi connectivity index (χ1) is 22.3. The zero-order chi connectivity index (χ0) is 29.9. The number of nitrogens with zero attached hydrogens (tertiary/aromatic N) is 2. The van der Waals surface area contributed by atoms with E-state index in [1.807, 2.05) is 0 Å². The highest BCUT2D eigenvalue weighted by atomic mass is 79.9. The lowest BCUT2D eigenvalue weighted by molar-refractivity contribution is 1.17. The van der Waals surface area contributed by atoms with Crippen molar-refractivity contribution in [2.75, 3.05) is 0 Å². The molecule has 3 heteroatoms. The van der Waals surface area contributed by atoms with E-state index in [2.05, 4.69) is 189 Å². The minimum absolute atomic E-state index is 1.06. The quantitative estimate of drug-likeness (QED) is 0.181. The Morgan fingerprint density at radius 2 is 0.778 bits per heavy atom. The van der Waals surface area contributed by atoms with E-state index in [1.165, 1.54) is 66.0 Å². The van der Waals surface area contributed by atoms with Crippen LogP contribution in [0.5, 0.6) is 0 Å². The van der Waals surface area contributed by atoms with Crippen LogP contribution in [0.4, 0.5) is 0 Å². The predicted molar refractivity (Wildman–Crippen MR) is 194 cm³/mol. The SMILES string of the molecule is Brc1cccc(-c2cc(-c3ccccc3-n3c4ccccc4c4ccccc43)ccc2-n2c3ccccc3c3ccccc32)c1. The van der Waals surface area contributed by atoms with Gasteiger partial charge in [0.2, 0.25) is 0 Å². The van der Waals surface area contributed by atoms with Crippen LogP contribution in [0, 0.1) is 0 Å². The molecule has 45 heavy (non-hydrogen) atoms. The molecule has 2 nitrogen and oxygen atoms in total. The van der Waals surface area contributed by atoms with Crippen molar-refractivity contribution >= 4 is 59.5 Å². The van der Waals surface area contributed by atoms with Gasteiger partial charge in [0.15, 0.2) is 0 Å². The van der Waals surface area contributed by atoms with Gasteiger partial charge >= 0.3 is 0 Å². The van der Waals surface area contributed by atoms with Crippen LogP contribution < -0.4 is 0 Å². The fourth-order valence-corrected chi connectivity index (χ4v) is 7.46. The molecule has 0 aliphatic rings. The fraction of sp³-hybridized carbons (Fsp3) is 0. The number of hydrogen-bond acceptors (Lipinski definition) is 0.